The van der Waals surface area contributed by atoms with E-state index in [9.17, 15) is 0 Å². The van der Waals surface area contributed by atoms with Gasteiger partial charge < -0.3 is 19.1 Å². The van der Waals surface area contributed by atoms with Crippen LogP contribution in [0.15, 0.2) is 157 Å². The first-order valence-electron chi connectivity index (χ1n) is 22.3. The Morgan fingerprint density at radius 3 is 1.81 bits per heavy atom. The molecule has 63 heavy (non-hydrogen) atoms. The summed E-state index contributed by atoms with van der Waals surface area (Å²) < 4.78 is 11.5. The predicted molar refractivity (Wildman–Crippen MR) is 266 cm³/mol. The van der Waals surface area contributed by atoms with Gasteiger partial charge in [-0.2, -0.15) is 0 Å². The lowest BCUT2D eigenvalue weighted by Gasteiger charge is -2.28. The molecule has 0 N–H and O–H groups in total. The van der Waals surface area contributed by atoms with Crippen LogP contribution < -0.4 is 14.5 Å². The maximum atomic E-state index is 6.81. The Balaban J connectivity index is 1.04. The molecule has 0 fully saturated rings. The van der Waals surface area contributed by atoms with Gasteiger partial charge in [0.15, 0.2) is 0 Å². The summed E-state index contributed by atoms with van der Waals surface area (Å²) in [6, 6.07) is 50.7. The van der Waals surface area contributed by atoms with Crippen molar-refractivity contribution in [1.29, 1.82) is 0 Å². The Kier molecular flexibility index (Phi) is 9.56. The fourth-order valence-electron chi connectivity index (χ4n) is 9.35. The molecule has 9 aromatic rings. The third kappa shape index (κ3) is 7.02. The molecule has 1 aliphatic rings. The largest absolute Gasteiger partial charge is 0.457 e. The lowest BCUT2D eigenvalue weighted by Crippen LogP contribution is -2.27. The lowest BCUT2D eigenvalue weighted by atomic mass is 9.84. The maximum absolute atomic E-state index is 6.81. The van der Waals surface area contributed by atoms with Crippen molar-refractivity contribution in [2.45, 2.75) is 86.0 Å². The van der Waals surface area contributed by atoms with Gasteiger partial charge in [0.2, 0.25) is 0 Å². The Bertz CT molecular complexity index is 3220. The minimum Gasteiger partial charge on any atom is -0.457 e. The van der Waals surface area contributed by atoms with E-state index < -0.39 is 0 Å². The molecule has 0 bridgehead atoms. The van der Waals surface area contributed by atoms with Gasteiger partial charge >= 0.3 is 0 Å². The van der Waals surface area contributed by atoms with Gasteiger partial charge in [0.25, 0.3) is 0 Å². The molecule has 6 aromatic carbocycles. The summed E-state index contributed by atoms with van der Waals surface area (Å²) in [4.78, 5) is 9.84. The number of fused-ring (bicyclic) bond motifs is 6. The number of benzene rings is 6. The number of hydrogen-bond acceptors (Lipinski definition) is 4. The first-order valence-corrected chi connectivity index (χ1v) is 22.3. The van der Waals surface area contributed by atoms with E-state index in [-0.39, 0.29) is 10.8 Å². The summed E-state index contributed by atoms with van der Waals surface area (Å²) in [6.07, 6.45) is 1.94. The molecule has 0 amide bonds. The first kappa shape index (κ1) is 40.3. The quantitative estimate of drug-likeness (QED) is 0.160. The van der Waals surface area contributed by atoms with Crippen LogP contribution in [0.4, 0.5) is 11.4 Å². The van der Waals surface area contributed by atoms with E-state index >= 15 is 0 Å². The zero-order chi connectivity index (χ0) is 43.9. The highest BCUT2D eigenvalue weighted by atomic mass is 16.5. The number of ether oxygens (including phenoxy) is 1. The van der Waals surface area contributed by atoms with Crippen LogP contribution in [0.5, 0.6) is 11.5 Å². The van der Waals surface area contributed by atoms with Crippen LogP contribution in [0, 0.1) is 0 Å². The molecular formula is C57H57N5O. The van der Waals surface area contributed by atoms with Crippen molar-refractivity contribution in [3.63, 3.8) is 0 Å². The van der Waals surface area contributed by atoms with Crippen molar-refractivity contribution in [3.8, 4) is 23.0 Å². The van der Waals surface area contributed by atoms with Crippen LogP contribution in [-0.2, 0) is 10.8 Å². The number of para-hydroxylation sites is 2. The average molecular weight is 828 g/mol. The van der Waals surface area contributed by atoms with Crippen LogP contribution in [0.1, 0.15) is 91.8 Å². The van der Waals surface area contributed by atoms with Crippen molar-refractivity contribution in [1.82, 2.24) is 14.1 Å². The second-order valence-electron chi connectivity index (χ2n) is 19.7. The zero-order valence-corrected chi connectivity index (χ0v) is 38.3. The molecule has 4 heterocycles. The monoisotopic (exact) mass is 827 g/mol. The van der Waals surface area contributed by atoms with Gasteiger partial charge in [-0.3, -0.25) is 4.57 Å². The smallest absolute Gasteiger partial charge is 0.137 e. The first-order chi connectivity index (χ1) is 30.1. The van der Waals surface area contributed by atoms with Gasteiger partial charge in [-0.15, -0.1) is 0 Å². The number of aromatic nitrogens is 3. The Morgan fingerprint density at radius 2 is 1.13 bits per heavy atom. The summed E-state index contributed by atoms with van der Waals surface area (Å²) in [5.74, 6) is 2.89. The van der Waals surface area contributed by atoms with Crippen LogP contribution in [0.3, 0.4) is 0 Å². The average Bonchev–Trinajstić information content (AvgIpc) is 3.88. The molecule has 1 aliphatic heterocycles. The molecule has 0 unspecified atom stereocenters. The Labute approximate surface area is 371 Å². The predicted octanol–water partition coefficient (Wildman–Crippen LogP) is 15.3. The molecule has 0 saturated carbocycles. The van der Waals surface area contributed by atoms with Crippen molar-refractivity contribution < 1.29 is 4.74 Å². The number of anilines is 2. The molecule has 6 nitrogen and oxygen atoms in total. The van der Waals surface area contributed by atoms with Crippen molar-refractivity contribution in [3.05, 3.63) is 174 Å². The number of rotatable bonds is 7. The van der Waals surface area contributed by atoms with E-state index in [0.29, 0.717) is 5.92 Å². The van der Waals surface area contributed by atoms with Crippen molar-refractivity contribution >= 4 is 55.0 Å². The third-order valence-corrected chi connectivity index (χ3v) is 13.2. The molecule has 10 rings (SSSR count). The van der Waals surface area contributed by atoms with Gasteiger partial charge in [-0.25, -0.2) is 4.98 Å². The molecular weight excluding hydrogens is 771 g/mol. The molecule has 316 valence electrons. The number of nitrogens with zero attached hydrogens (tertiary/aromatic N) is 5. The second kappa shape index (κ2) is 14.9. The summed E-state index contributed by atoms with van der Waals surface area (Å²) in [6.45, 7) is 23.4. The van der Waals surface area contributed by atoms with Crippen LogP contribution in [0.2, 0.25) is 0 Å². The maximum Gasteiger partial charge on any atom is 0.137 e. The van der Waals surface area contributed by atoms with Gasteiger partial charge in [0.1, 0.15) is 17.3 Å². The van der Waals surface area contributed by atoms with Crippen LogP contribution in [-0.4, -0.2) is 20.8 Å². The molecule has 0 atom stereocenters. The van der Waals surface area contributed by atoms with E-state index in [2.05, 4.69) is 228 Å². The summed E-state index contributed by atoms with van der Waals surface area (Å²) >= 11 is 0. The zero-order valence-electron chi connectivity index (χ0n) is 38.3. The molecule has 0 radical (unpaired) electrons. The standard InChI is InChI=1S/C57H57N5O/c1-36(2)39-28-41(57(8,9)10)30-44(29-39)60-35-59(37(3)38(60)4)42-16-15-17-45(32-42)63-46-23-24-49-50-33-43(61-51-20-13-11-18-47(51)48-19-12-14-21-52(48)61)22-25-53(50)62(54(49)34-46)55-31-40(26-27-58-55)56(5,6)7/h11-34,36H,35H2,1-10H3. The van der Waals surface area contributed by atoms with E-state index in [1.165, 1.54) is 55.6 Å². The highest BCUT2D eigenvalue weighted by molar-refractivity contribution is 6.12. The molecule has 0 aliphatic carbocycles. The second-order valence-corrected chi connectivity index (χ2v) is 19.7. The Morgan fingerprint density at radius 1 is 0.492 bits per heavy atom. The van der Waals surface area contributed by atoms with Crippen molar-refractivity contribution in [2.75, 3.05) is 16.5 Å². The lowest BCUT2D eigenvalue weighted by molar-refractivity contribution is 0.483. The Hall–Kier alpha value is -6.79. The highest BCUT2D eigenvalue weighted by Gasteiger charge is 2.28. The topological polar surface area (TPSA) is 38.5 Å². The molecule has 0 saturated heterocycles. The number of allylic oxidation sites excluding steroid dienone is 2. The summed E-state index contributed by atoms with van der Waals surface area (Å²) in [5.41, 5.74) is 14.4. The molecule has 6 heteroatoms. The van der Waals surface area contributed by atoms with E-state index in [4.69, 9.17) is 9.72 Å². The van der Waals surface area contributed by atoms with Gasteiger partial charge in [-0.05, 0) is 126 Å². The van der Waals surface area contributed by atoms with Gasteiger partial charge in [-0.1, -0.05) is 104 Å². The van der Waals surface area contributed by atoms with E-state index in [0.717, 1.165) is 57.2 Å². The minimum atomic E-state index is -0.0363. The SMILES string of the molecule is CC1=C(C)N(c2cc(C(C)C)cc(C(C)(C)C)c2)CN1c1cccc(Oc2ccc3c4cc(-n5c6ccccc6c6ccccc65)ccc4n(-c4cc(C(C)(C)C)ccn4)c3c2)c1. The highest BCUT2D eigenvalue weighted by Crippen LogP contribution is 2.41. The van der Waals surface area contributed by atoms with E-state index in [1.54, 1.807) is 0 Å². The van der Waals surface area contributed by atoms with Gasteiger partial charge in [0, 0.05) is 68.3 Å². The summed E-state index contributed by atoms with van der Waals surface area (Å²) in [7, 11) is 0. The van der Waals surface area contributed by atoms with Crippen LogP contribution >= 0.6 is 0 Å². The molecule has 3 aromatic heterocycles. The van der Waals surface area contributed by atoms with Crippen LogP contribution in [0.25, 0.3) is 55.1 Å². The number of pyridine rings is 1. The normalized spacial score (nSPS) is 13.8. The number of hydrogen-bond donors (Lipinski definition) is 0. The summed E-state index contributed by atoms with van der Waals surface area (Å²) in [5, 5.41) is 4.80. The third-order valence-electron chi connectivity index (χ3n) is 13.2. The minimum absolute atomic E-state index is 0.0363. The van der Waals surface area contributed by atoms with Crippen molar-refractivity contribution in [2.24, 2.45) is 0 Å². The fraction of sp³-hybridized carbons (Fsp3) is 0.246. The van der Waals surface area contributed by atoms with Gasteiger partial charge in [0.05, 0.1) is 28.7 Å². The fourth-order valence-corrected chi connectivity index (χ4v) is 9.35. The molecule has 0 spiro atoms. The van der Waals surface area contributed by atoms with E-state index in [1.807, 2.05) is 6.20 Å².